The molecule has 1 aromatic rings. The molecule has 3 N–H and O–H groups in total. The van der Waals surface area contributed by atoms with Gasteiger partial charge >= 0.3 is 6.03 Å². The Morgan fingerprint density at radius 3 is 2.90 bits per heavy atom. The third kappa shape index (κ3) is 5.21. The van der Waals surface area contributed by atoms with Crippen LogP contribution in [0.25, 0.3) is 0 Å². The van der Waals surface area contributed by atoms with Gasteiger partial charge < -0.3 is 20.5 Å². The number of nitrogens with one attached hydrogen (secondary N) is 2. The molecule has 108 valence electrons. The zero-order chi connectivity index (χ0) is 14.8. The zero-order valence-electron chi connectivity index (χ0n) is 11.8. The van der Waals surface area contributed by atoms with E-state index in [0.717, 1.165) is 12.0 Å². The van der Waals surface area contributed by atoms with E-state index in [1.54, 1.807) is 25.3 Å². The lowest BCUT2D eigenvalue weighted by molar-refractivity contribution is 0.252. The third-order valence-electron chi connectivity index (χ3n) is 2.45. The molecule has 20 heavy (non-hydrogen) atoms. The Morgan fingerprint density at radius 1 is 1.45 bits per heavy atom. The molecule has 0 spiro atoms. The molecule has 0 bridgehead atoms. The summed E-state index contributed by atoms with van der Waals surface area (Å²) in [6.45, 7) is 2.63. The number of rotatable bonds is 5. The fourth-order valence-electron chi connectivity index (χ4n) is 1.51. The van der Waals surface area contributed by atoms with Gasteiger partial charge in [-0.25, -0.2) is 4.79 Å². The van der Waals surface area contributed by atoms with Gasteiger partial charge in [0.15, 0.2) is 0 Å². The summed E-state index contributed by atoms with van der Waals surface area (Å²) in [4.78, 5) is 11.7. The van der Waals surface area contributed by atoms with Crippen LogP contribution in [0.15, 0.2) is 18.2 Å². The van der Waals surface area contributed by atoms with Crippen molar-refractivity contribution in [1.29, 1.82) is 0 Å². The molecule has 0 aromatic heterocycles. The Morgan fingerprint density at radius 2 is 2.25 bits per heavy atom. The molecule has 1 rings (SSSR count). The number of methoxy groups -OCH3 is 1. The Kier molecular flexibility index (Phi) is 7.01. The van der Waals surface area contributed by atoms with Crippen LogP contribution in [0.2, 0.25) is 0 Å². The first-order valence-corrected chi connectivity index (χ1v) is 6.53. The molecule has 0 unspecified atom stereocenters. The maximum absolute atomic E-state index is 11.7. The molecule has 0 saturated carbocycles. The molecule has 0 aliphatic heterocycles. The Hall–Kier alpha value is -2.19. The summed E-state index contributed by atoms with van der Waals surface area (Å²) in [5, 5.41) is 14.2. The largest absolute Gasteiger partial charge is 0.495 e. The van der Waals surface area contributed by atoms with Crippen LogP contribution in [0.3, 0.4) is 0 Å². The van der Waals surface area contributed by atoms with Crippen molar-refractivity contribution in [3.05, 3.63) is 23.8 Å². The van der Waals surface area contributed by atoms with Crippen molar-refractivity contribution < 1.29 is 14.6 Å². The van der Waals surface area contributed by atoms with Gasteiger partial charge in [0.2, 0.25) is 0 Å². The summed E-state index contributed by atoms with van der Waals surface area (Å²) in [7, 11) is 1.54. The van der Waals surface area contributed by atoms with Gasteiger partial charge in [0, 0.05) is 18.5 Å². The maximum Gasteiger partial charge on any atom is 0.319 e. The first kappa shape index (κ1) is 15.9. The number of aliphatic hydroxyl groups excluding tert-OH is 1. The number of anilines is 1. The third-order valence-corrected chi connectivity index (χ3v) is 2.45. The highest BCUT2D eigenvalue weighted by molar-refractivity contribution is 5.91. The van der Waals surface area contributed by atoms with Gasteiger partial charge in [0.25, 0.3) is 0 Å². The number of hydrogen-bond donors (Lipinski definition) is 3. The standard InChI is InChI=1S/C15H20N2O3/c1-3-9-16-15(19)17-13-11-12(6-4-5-10-18)7-8-14(13)20-2/h7-8,11,18H,3,5,9-10H2,1-2H3,(H2,16,17,19). The molecule has 0 heterocycles. The number of carbonyl (C=O) groups is 1. The van der Waals surface area contributed by atoms with E-state index in [0.29, 0.717) is 24.4 Å². The van der Waals surface area contributed by atoms with Crippen LogP contribution >= 0.6 is 0 Å². The lowest BCUT2D eigenvalue weighted by atomic mass is 10.2. The predicted octanol–water partition coefficient (Wildman–Crippen LogP) is 1.96. The summed E-state index contributed by atoms with van der Waals surface area (Å²) in [6, 6.07) is 5.02. The monoisotopic (exact) mass is 276 g/mol. The van der Waals surface area contributed by atoms with Crippen LogP contribution in [-0.4, -0.2) is 31.4 Å². The van der Waals surface area contributed by atoms with E-state index in [2.05, 4.69) is 22.5 Å². The first-order valence-electron chi connectivity index (χ1n) is 6.53. The molecule has 0 fully saturated rings. The molecule has 0 aliphatic rings. The molecule has 5 nitrogen and oxygen atoms in total. The summed E-state index contributed by atoms with van der Waals surface area (Å²) in [5.74, 6) is 6.32. The van der Waals surface area contributed by atoms with E-state index in [9.17, 15) is 4.79 Å². The zero-order valence-corrected chi connectivity index (χ0v) is 11.8. The van der Waals surface area contributed by atoms with Crippen LogP contribution < -0.4 is 15.4 Å². The quantitative estimate of drug-likeness (QED) is 0.720. The van der Waals surface area contributed by atoms with Crippen molar-refractivity contribution in [2.24, 2.45) is 0 Å². The SMILES string of the molecule is CCCNC(=O)Nc1cc(C#CCCO)ccc1OC. The highest BCUT2D eigenvalue weighted by atomic mass is 16.5. The second-order valence-corrected chi connectivity index (χ2v) is 4.07. The number of ether oxygens (including phenoxy) is 1. The second kappa shape index (κ2) is 8.83. The number of hydrogen-bond acceptors (Lipinski definition) is 3. The van der Waals surface area contributed by atoms with Crippen molar-refractivity contribution in [2.75, 3.05) is 25.6 Å². The van der Waals surface area contributed by atoms with Crippen molar-refractivity contribution in [1.82, 2.24) is 5.32 Å². The van der Waals surface area contributed by atoms with E-state index >= 15 is 0 Å². The van der Waals surface area contributed by atoms with Gasteiger partial charge in [0.1, 0.15) is 5.75 Å². The van der Waals surface area contributed by atoms with Crippen LogP contribution in [0.5, 0.6) is 5.75 Å². The van der Waals surface area contributed by atoms with Gasteiger partial charge in [-0.05, 0) is 24.6 Å². The number of benzene rings is 1. The number of urea groups is 1. The first-order chi connectivity index (χ1) is 9.71. The Labute approximate surface area is 119 Å². The lowest BCUT2D eigenvalue weighted by Gasteiger charge is -2.11. The molecule has 2 amide bonds. The van der Waals surface area contributed by atoms with Gasteiger partial charge in [-0.3, -0.25) is 0 Å². The van der Waals surface area contributed by atoms with Crippen LogP contribution in [-0.2, 0) is 0 Å². The number of aliphatic hydroxyl groups is 1. The van der Waals surface area contributed by atoms with Crippen LogP contribution in [0.4, 0.5) is 10.5 Å². The van der Waals surface area contributed by atoms with E-state index in [-0.39, 0.29) is 12.6 Å². The fourth-order valence-corrected chi connectivity index (χ4v) is 1.51. The molecule has 1 aromatic carbocycles. The van der Waals surface area contributed by atoms with Gasteiger partial charge in [-0.1, -0.05) is 18.8 Å². The fraction of sp³-hybridized carbons (Fsp3) is 0.400. The minimum atomic E-state index is -0.273. The summed E-state index contributed by atoms with van der Waals surface area (Å²) < 4.78 is 5.20. The average molecular weight is 276 g/mol. The van der Waals surface area contributed by atoms with Crippen molar-refractivity contribution >= 4 is 11.7 Å². The van der Waals surface area contributed by atoms with Crippen molar-refractivity contribution in [2.45, 2.75) is 19.8 Å². The summed E-state index contributed by atoms with van der Waals surface area (Å²) in [6.07, 6.45) is 1.29. The van der Waals surface area contributed by atoms with Gasteiger partial charge in [-0.2, -0.15) is 0 Å². The number of amides is 2. The molecular formula is C15H20N2O3. The highest BCUT2D eigenvalue weighted by Gasteiger charge is 2.07. The second-order valence-electron chi connectivity index (χ2n) is 4.07. The minimum absolute atomic E-state index is 0.0354. The minimum Gasteiger partial charge on any atom is -0.495 e. The predicted molar refractivity (Wildman–Crippen MR) is 78.9 cm³/mol. The van der Waals surface area contributed by atoms with E-state index in [1.165, 1.54) is 0 Å². The number of carbonyl (C=O) groups excluding carboxylic acids is 1. The van der Waals surface area contributed by atoms with Crippen LogP contribution in [0.1, 0.15) is 25.3 Å². The molecule has 0 atom stereocenters. The molecule has 0 saturated heterocycles. The van der Waals surface area contributed by atoms with E-state index in [4.69, 9.17) is 9.84 Å². The topological polar surface area (TPSA) is 70.6 Å². The molecule has 5 heteroatoms. The lowest BCUT2D eigenvalue weighted by Crippen LogP contribution is -2.29. The van der Waals surface area contributed by atoms with Gasteiger partial charge in [0.05, 0.1) is 19.4 Å². The Bertz CT molecular complexity index is 504. The smallest absolute Gasteiger partial charge is 0.319 e. The summed E-state index contributed by atoms with van der Waals surface area (Å²) in [5.41, 5.74) is 1.32. The average Bonchev–Trinajstić information content (AvgIpc) is 2.46. The summed E-state index contributed by atoms with van der Waals surface area (Å²) >= 11 is 0. The highest BCUT2D eigenvalue weighted by Crippen LogP contribution is 2.25. The van der Waals surface area contributed by atoms with E-state index in [1.807, 2.05) is 6.92 Å². The Balaban J connectivity index is 2.84. The van der Waals surface area contributed by atoms with Crippen LogP contribution in [0, 0.1) is 11.8 Å². The van der Waals surface area contributed by atoms with Gasteiger partial charge in [-0.15, -0.1) is 0 Å². The molecule has 0 radical (unpaired) electrons. The van der Waals surface area contributed by atoms with E-state index < -0.39 is 0 Å². The normalized spacial score (nSPS) is 9.35. The van der Waals surface area contributed by atoms with Crippen molar-refractivity contribution in [3.63, 3.8) is 0 Å². The maximum atomic E-state index is 11.7. The molecule has 0 aliphatic carbocycles. The molecular weight excluding hydrogens is 256 g/mol. The van der Waals surface area contributed by atoms with Crippen molar-refractivity contribution in [3.8, 4) is 17.6 Å².